The van der Waals surface area contributed by atoms with E-state index in [1.807, 2.05) is 6.92 Å². The highest BCUT2D eigenvalue weighted by molar-refractivity contribution is 8.00. The fourth-order valence-corrected chi connectivity index (χ4v) is 1.89. The van der Waals surface area contributed by atoms with E-state index in [-0.39, 0.29) is 4.75 Å². The van der Waals surface area contributed by atoms with Gasteiger partial charge in [-0.05, 0) is 13.5 Å². The number of carboxylic acids is 1. The molecule has 0 fully saturated rings. The molecule has 14 heavy (non-hydrogen) atoms. The summed E-state index contributed by atoms with van der Waals surface area (Å²) in [5, 5.41) is 12.1. The van der Waals surface area contributed by atoms with E-state index in [9.17, 15) is 4.79 Å². The van der Waals surface area contributed by atoms with Gasteiger partial charge in [0.25, 0.3) is 0 Å². The fourth-order valence-electron chi connectivity index (χ4n) is 0.939. The first-order chi connectivity index (χ1) is 6.21. The standard InChI is InChI=1S/C10H21NO2S/c1-6-11-10(5,8(12)13)7-14-9(2,3)4/h11H,6-7H2,1-5H3,(H,12,13). The second kappa shape index (κ2) is 5.03. The third kappa shape index (κ3) is 4.86. The highest BCUT2D eigenvalue weighted by Crippen LogP contribution is 2.27. The molecule has 0 saturated heterocycles. The zero-order valence-corrected chi connectivity index (χ0v) is 10.5. The lowest BCUT2D eigenvalue weighted by molar-refractivity contribution is -0.143. The third-order valence-electron chi connectivity index (χ3n) is 1.83. The summed E-state index contributed by atoms with van der Waals surface area (Å²) in [5.41, 5.74) is -0.813. The Morgan fingerprint density at radius 3 is 2.14 bits per heavy atom. The summed E-state index contributed by atoms with van der Waals surface area (Å²) in [6, 6.07) is 0. The molecule has 3 nitrogen and oxygen atoms in total. The monoisotopic (exact) mass is 219 g/mol. The van der Waals surface area contributed by atoms with Crippen LogP contribution in [0, 0.1) is 0 Å². The molecule has 84 valence electrons. The van der Waals surface area contributed by atoms with Crippen molar-refractivity contribution in [3.63, 3.8) is 0 Å². The molecular formula is C10H21NO2S. The van der Waals surface area contributed by atoms with Crippen molar-refractivity contribution in [3.8, 4) is 0 Å². The number of rotatable bonds is 5. The van der Waals surface area contributed by atoms with Gasteiger partial charge in [0.1, 0.15) is 5.54 Å². The summed E-state index contributed by atoms with van der Waals surface area (Å²) >= 11 is 1.67. The van der Waals surface area contributed by atoms with Gasteiger partial charge in [0.05, 0.1) is 0 Å². The van der Waals surface area contributed by atoms with E-state index in [1.54, 1.807) is 18.7 Å². The quantitative estimate of drug-likeness (QED) is 0.742. The molecule has 0 aromatic carbocycles. The Morgan fingerprint density at radius 2 is 1.86 bits per heavy atom. The molecule has 0 radical (unpaired) electrons. The maximum atomic E-state index is 11.1. The molecule has 0 aliphatic rings. The number of likely N-dealkylation sites (N-methyl/N-ethyl adjacent to an activating group) is 1. The molecule has 0 amide bonds. The first kappa shape index (κ1) is 13.8. The van der Waals surface area contributed by atoms with E-state index < -0.39 is 11.5 Å². The van der Waals surface area contributed by atoms with Crippen molar-refractivity contribution in [1.29, 1.82) is 0 Å². The maximum absolute atomic E-state index is 11.1. The Labute approximate surface area is 90.7 Å². The second-order valence-electron chi connectivity index (χ2n) is 4.57. The van der Waals surface area contributed by atoms with Crippen molar-refractivity contribution >= 4 is 17.7 Å². The summed E-state index contributed by atoms with van der Waals surface area (Å²) in [5.74, 6) is -0.198. The van der Waals surface area contributed by atoms with E-state index in [0.717, 1.165) is 0 Å². The van der Waals surface area contributed by atoms with E-state index in [2.05, 4.69) is 26.1 Å². The van der Waals surface area contributed by atoms with E-state index in [4.69, 9.17) is 5.11 Å². The van der Waals surface area contributed by atoms with Crippen LogP contribution in [0.1, 0.15) is 34.6 Å². The van der Waals surface area contributed by atoms with Crippen LogP contribution in [-0.2, 0) is 4.79 Å². The lowest BCUT2D eigenvalue weighted by Crippen LogP contribution is -2.52. The molecule has 2 N–H and O–H groups in total. The van der Waals surface area contributed by atoms with Crippen LogP contribution < -0.4 is 5.32 Å². The van der Waals surface area contributed by atoms with Crippen molar-refractivity contribution in [2.45, 2.75) is 44.9 Å². The van der Waals surface area contributed by atoms with Crippen LogP contribution in [0.5, 0.6) is 0 Å². The Balaban J connectivity index is 4.31. The summed E-state index contributed by atoms with van der Waals surface area (Å²) in [6.45, 7) is 10.6. The van der Waals surface area contributed by atoms with Gasteiger partial charge in [0.2, 0.25) is 0 Å². The molecular weight excluding hydrogens is 198 g/mol. The van der Waals surface area contributed by atoms with Crippen LogP contribution >= 0.6 is 11.8 Å². The van der Waals surface area contributed by atoms with Crippen LogP contribution in [-0.4, -0.2) is 33.7 Å². The predicted molar refractivity (Wildman–Crippen MR) is 61.9 cm³/mol. The largest absolute Gasteiger partial charge is 0.480 e. The van der Waals surface area contributed by atoms with Gasteiger partial charge in [-0.1, -0.05) is 27.7 Å². The molecule has 0 heterocycles. The summed E-state index contributed by atoms with van der Waals surface area (Å²) in [7, 11) is 0. The molecule has 4 heteroatoms. The Morgan fingerprint density at radius 1 is 1.36 bits per heavy atom. The first-order valence-electron chi connectivity index (χ1n) is 4.83. The maximum Gasteiger partial charge on any atom is 0.324 e. The van der Waals surface area contributed by atoms with Crippen LogP contribution in [0.25, 0.3) is 0 Å². The highest BCUT2D eigenvalue weighted by Gasteiger charge is 2.33. The van der Waals surface area contributed by atoms with Crippen molar-refractivity contribution in [1.82, 2.24) is 5.32 Å². The zero-order valence-electron chi connectivity index (χ0n) is 9.68. The SMILES string of the molecule is CCNC(C)(CSC(C)(C)C)C(=O)O. The molecule has 0 aromatic heterocycles. The normalized spacial score (nSPS) is 16.4. The minimum atomic E-state index is -0.813. The van der Waals surface area contributed by atoms with Gasteiger partial charge in [-0.3, -0.25) is 4.79 Å². The number of carboxylic acid groups (broad SMARTS) is 1. The molecule has 1 unspecified atom stereocenters. The lowest BCUT2D eigenvalue weighted by atomic mass is 10.1. The van der Waals surface area contributed by atoms with E-state index in [1.165, 1.54) is 0 Å². The number of hydrogen-bond acceptors (Lipinski definition) is 3. The Kier molecular flexibility index (Phi) is 4.95. The summed E-state index contributed by atoms with van der Waals surface area (Å²) in [6.07, 6.45) is 0. The van der Waals surface area contributed by atoms with Crippen molar-refractivity contribution in [2.75, 3.05) is 12.3 Å². The van der Waals surface area contributed by atoms with Gasteiger partial charge in [0.15, 0.2) is 0 Å². The molecule has 0 rings (SSSR count). The predicted octanol–water partition coefficient (Wildman–Crippen LogP) is 1.97. The average molecular weight is 219 g/mol. The topological polar surface area (TPSA) is 49.3 Å². The zero-order chi connectivity index (χ0) is 11.4. The molecule has 1 atom stereocenters. The molecule has 0 aliphatic carbocycles. The van der Waals surface area contributed by atoms with Gasteiger partial charge in [-0.2, -0.15) is 11.8 Å². The van der Waals surface area contributed by atoms with Crippen LogP contribution in [0.4, 0.5) is 0 Å². The first-order valence-corrected chi connectivity index (χ1v) is 5.82. The van der Waals surface area contributed by atoms with Gasteiger partial charge in [-0.25, -0.2) is 0 Å². The second-order valence-corrected chi connectivity index (χ2v) is 6.37. The van der Waals surface area contributed by atoms with Gasteiger partial charge in [0, 0.05) is 10.5 Å². The molecule has 0 spiro atoms. The number of carbonyl (C=O) groups is 1. The molecule has 0 saturated carbocycles. The molecule has 0 aliphatic heterocycles. The van der Waals surface area contributed by atoms with Crippen molar-refractivity contribution in [3.05, 3.63) is 0 Å². The van der Waals surface area contributed by atoms with Crippen molar-refractivity contribution < 1.29 is 9.90 Å². The van der Waals surface area contributed by atoms with E-state index >= 15 is 0 Å². The average Bonchev–Trinajstić information content (AvgIpc) is 2.00. The lowest BCUT2D eigenvalue weighted by Gasteiger charge is -2.29. The molecule has 0 bridgehead atoms. The molecule has 0 aromatic rings. The minimum Gasteiger partial charge on any atom is -0.480 e. The number of hydrogen-bond donors (Lipinski definition) is 2. The van der Waals surface area contributed by atoms with Crippen LogP contribution in [0.2, 0.25) is 0 Å². The summed E-state index contributed by atoms with van der Waals surface area (Å²) in [4.78, 5) is 11.1. The van der Waals surface area contributed by atoms with Crippen molar-refractivity contribution in [2.24, 2.45) is 0 Å². The van der Waals surface area contributed by atoms with E-state index in [0.29, 0.717) is 12.3 Å². The fraction of sp³-hybridized carbons (Fsp3) is 0.900. The Hall–Kier alpha value is -0.220. The number of nitrogens with one attached hydrogen (secondary N) is 1. The van der Waals surface area contributed by atoms with Crippen LogP contribution in [0.15, 0.2) is 0 Å². The van der Waals surface area contributed by atoms with Crippen LogP contribution in [0.3, 0.4) is 0 Å². The minimum absolute atomic E-state index is 0.103. The number of thioether (sulfide) groups is 1. The van der Waals surface area contributed by atoms with Gasteiger partial charge in [-0.15, -0.1) is 0 Å². The Bertz CT molecular complexity index is 201. The third-order valence-corrected chi connectivity index (χ3v) is 3.42. The number of aliphatic carboxylic acids is 1. The van der Waals surface area contributed by atoms with Gasteiger partial charge < -0.3 is 10.4 Å². The summed E-state index contributed by atoms with van der Waals surface area (Å²) < 4.78 is 0.103. The van der Waals surface area contributed by atoms with Gasteiger partial charge >= 0.3 is 5.97 Å². The smallest absolute Gasteiger partial charge is 0.324 e. The highest BCUT2D eigenvalue weighted by atomic mass is 32.2.